The highest BCUT2D eigenvalue weighted by Crippen LogP contribution is 2.08. The SMILES string of the molecule is CC(Br)CCC(=O)OCCCOC(=O)CCC(C)Br. The Bertz CT molecular complexity index is 241. The molecule has 0 aliphatic heterocycles. The number of alkyl halides is 2. The van der Waals surface area contributed by atoms with E-state index in [0.29, 0.717) is 42.1 Å². The summed E-state index contributed by atoms with van der Waals surface area (Å²) in [5.41, 5.74) is 0. The molecule has 4 nitrogen and oxygen atoms in total. The van der Waals surface area contributed by atoms with E-state index >= 15 is 0 Å². The number of halogens is 2. The number of esters is 2. The molecule has 0 aliphatic rings. The van der Waals surface area contributed by atoms with Crippen LogP contribution in [0.5, 0.6) is 0 Å². The molecule has 0 fully saturated rings. The summed E-state index contributed by atoms with van der Waals surface area (Å²) in [5, 5.41) is 0. The molecule has 2 atom stereocenters. The zero-order valence-corrected chi connectivity index (χ0v) is 14.7. The molecule has 0 radical (unpaired) electrons. The summed E-state index contributed by atoms with van der Waals surface area (Å²) in [6.07, 6.45) is 2.90. The smallest absolute Gasteiger partial charge is 0.305 e. The molecule has 0 spiro atoms. The fourth-order valence-corrected chi connectivity index (χ4v) is 1.67. The van der Waals surface area contributed by atoms with Gasteiger partial charge in [-0.25, -0.2) is 0 Å². The Morgan fingerprint density at radius 2 is 1.26 bits per heavy atom. The quantitative estimate of drug-likeness (QED) is 0.319. The topological polar surface area (TPSA) is 52.6 Å². The highest BCUT2D eigenvalue weighted by Gasteiger charge is 2.07. The van der Waals surface area contributed by atoms with E-state index in [-0.39, 0.29) is 11.9 Å². The molecule has 0 aliphatic carbocycles. The molecule has 112 valence electrons. The van der Waals surface area contributed by atoms with Gasteiger partial charge in [0.25, 0.3) is 0 Å². The van der Waals surface area contributed by atoms with Gasteiger partial charge in [-0.05, 0) is 12.8 Å². The van der Waals surface area contributed by atoms with Gasteiger partial charge in [-0.2, -0.15) is 0 Å². The van der Waals surface area contributed by atoms with Crippen LogP contribution in [0.4, 0.5) is 0 Å². The zero-order valence-electron chi connectivity index (χ0n) is 11.5. The van der Waals surface area contributed by atoms with Crippen molar-refractivity contribution in [3.63, 3.8) is 0 Å². The number of carbonyl (C=O) groups excluding carboxylic acids is 2. The average Bonchev–Trinajstić information content (AvgIpc) is 2.33. The molecular weight excluding hydrogens is 380 g/mol. The second-order valence-corrected chi connectivity index (χ2v) is 7.56. The molecule has 0 heterocycles. The Labute approximate surface area is 131 Å². The first-order chi connectivity index (χ1) is 8.91. The van der Waals surface area contributed by atoms with Gasteiger partial charge in [0, 0.05) is 28.9 Å². The van der Waals surface area contributed by atoms with Crippen LogP contribution in [0.2, 0.25) is 0 Å². The molecule has 0 bridgehead atoms. The zero-order chi connectivity index (χ0) is 14.7. The first kappa shape index (κ1) is 18.9. The van der Waals surface area contributed by atoms with E-state index in [9.17, 15) is 9.59 Å². The Morgan fingerprint density at radius 1 is 0.895 bits per heavy atom. The minimum atomic E-state index is -0.203. The minimum absolute atomic E-state index is 0.203. The van der Waals surface area contributed by atoms with Gasteiger partial charge in [0.1, 0.15) is 0 Å². The van der Waals surface area contributed by atoms with Gasteiger partial charge in [-0.3, -0.25) is 9.59 Å². The number of ether oxygens (including phenoxy) is 2. The van der Waals surface area contributed by atoms with Crippen molar-refractivity contribution in [1.82, 2.24) is 0 Å². The van der Waals surface area contributed by atoms with Crippen LogP contribution in [0.1, 0.15) is 46.0 Å². The summed E-state index contributed by atoms with van der Waals surface area (Å²) in [4.78, 5) is 23.2. The fraction of sp³-hybridized carbons (Fsp3) is 0.846. The molecule has 0 amide bonds. The summed E-state index contributed by atoms with van der Waals surface area (Å²) < 4.78 is 10.0. The van der Waals surface area contributed by atoms with Gasteiger partial charge < -0.3 is 9.47 Å². The van der Waals surface area contributed by atoms with Crippen molar-refractivity contribution in [2.24, 2.45) is 0 Å². The number of carbonyl (C=O) groups is 2. The fourth-order valence-electron chi connectivity index (χ4n) is 1.21. The lowest BCUT2D eigenvalue weighted by molar-refractivity contribution is -0.146. The standard InChI is InChI=1S/C13H22Br2O4/c1-10(14)4-6-12(16)18-8-3-9-19-13(17)7-5-11(2)15/h10-11H,3-9H2,1-2H3. The van der Waals surface area contributed by atoms with Crippen molar-refractivity contribution < 1.29 is 19.1 Å². The molecular formula is C13H22Br2O4. The molecule has 0 aromatic heterocycles. The number of hydrogen-bond acceptors (Lipinski definition) is 4. The first-order valence-corrected chi connectivity index (χ1v) is 8.34. The van der Waals surface area contributed by atoms with Gasteiger partial charge in [0.15, 0.2) is 0 Å². The number of hydrogen-bond donors (Lipinski definition) is 0. The van der Waals surface area contributed by atoms with Crippen LogP contribution < -0.4 is 0 Å². The minimum Gasteiger partial charge on any atom is -0.466 e. The lowest BCUT2D eigenvalue weighted by Gasteiger charge is -2.07. The van der Waals surface area contributed by atoms with Crippen LogP contribution in [-0.2, 0) is 19.1 Å². The molecule has 0 saturated heterocycles. The Balaban J connectivity index is 3.39. The lowest BCUT2D eigenvalue weighted by atomic mass is 10.2. The van der Waals surface area contributed by atoms with Crippen molar-refractivity contribution in [1.29, 1.82) is 0 Å². The second kappa shape index (κ2) is 11.7. The summed E-state index contributed by atoms with van der Waals surface area (Å²) in [6, 6.07) is 0. The van der Waals surface area contributed by atoms with Crippen molar-refractivity contribution in [3.8, 4) is 0 Å². The maximum atomic E-state index is 11.3. The molecule has 2 unspecified atom stereocenters. The Hall–Kier alpha value is -0.100. The van der Waals surface area contributed by atoms with Crippen LogP contribution in [0.3, 0.4) is 0 Å². The van der Waals surface area contributed by atoms with Crippen molar-refractivity contribution in [3.05, 3.63) is 0 Å². The molecule has 0 aromatic carbocycles. The van der Waals surface area contributed by atoms with Crippen molar-refractivity contribution in [2.75, 3.05) is 13.2 Å². The van der Waals surface area contributed by atoms with Gasteiger partial charge in [0.2, 0.25) is 0 Å². The monoisotopic (exact) mass is 400 g/mol. The predicted molar refractivity (Wildman–Crippen MR) is 81.8 cm³/mol. The van der Waals surface area contributed by atoms with E-state index in [1.165, 1.54) is 0 Å². The molecule has 0 rings (SSSR count). The van der Waals surface area contributed by atoms with Crippen LogP contribution in [0.25, 0.3) is 0 Å². The van der Waals surface area contributed by atoms with Crippen molar-refractivity contribution >= 4 is 43.8 Å². The highest BCUT2D eigenvalue weighted by molar-refractivity contribution is 9.09. The Kier molecular flexibility index (Phi) is 11.6. The highest BCUT2D eigenvalue weighted by atomic mass is 79.9. The summed E-state index contributed by atoms with van der Waals surface area (Å²) in [5.74, 6) is -0.406. The van der Waals surface area contributed by atoms with E-state index in [2.05, 4.69) is 31.9 Å². The van der Waals surface area contributed by atoms with E-state index in [1.807, 2.05) is 13.8 Å². The second-order valence-electron chi connectivity index (χ2n) is 4.43. The molecule has 6 heteroatoms. The third kappa shape index (κ3) is 14.1. The van der Waals surface area contributed by atoms with Crippen LogP contribution >= 0.6 is 31.9 Å². The average molecular weight is 402 g/mol. The lowest BCUT2D eigenvalue weighted by Crippen LogP contribution is -2.11. The first-order valence-electron chi connectivity index (χ1n) is 6.51. The predicted octanol–water partition coefficient (Wildman–Crippen LogP) is 3.59. The van der Waals surface area contributed by atoms with Gasteiger partial charge >= 0.3 is 11.9 Å². The van der Waals surface area contributed by atoms with Crippen LogP contribution in [0, 0.1) is 0 Å². The van der Waals surface area contributed by atoms with Gasteiger partial charge in [0.05, 0.1) is 13.2 Å². The number of rotatable bonds is 10. The summed E-state index contributed by atoms with van der Waals surface area (Å²) in [7, 11) is 0. The van der Waals surface area contributed by atoms with E-state index in [4.69, 9.17) is 9.47 Å². The summed E-state index contributed by atoms with van der Waals surface area (Å²) >= 11 is 6.74. The van der Waals surface area contributed by atoms with Crippen LogP contribution in [-0.4, -0.2) is 34.8 Å². The normalized spacial score (nSPS) is 13.7. The molecule has 19 heavy (non-hydrogen) atoms. The summed E-state index contributed by atoms with van der Waals surface area (Å²) in [6.45, 7) is 4.58. The third-order valence-electron chi connectivity index (χ3n) is 2.31. The maximum Gasteiger partial charge on any atom is 0.305 e. The van der Waals surface area contributed by atoms with Crippen LogP contribution in [0.15, 0.2) is 0 Å². The molecule has 0 aromatic rings. The van der Waals surface area contributed by atoms with Gasteiger partial charge in [-0.15, -0.1) is 0 Å². The van der Waals surface area contributed by atoms with Crippen molar-refractivity contribution in [2.45, 2.75) is 55.6 Å². The largest absolute Gasteiger partial charge is 0.466 e. The van der Waals surface area contributed by atoms with E-state index in [0.717, 1.165) is 12.8 Å². The Morgan fingerprint density at radius 3 is 1.58 bits per heavy atom. The third-order valence-corrected chi connectivity index (χ3v) is 3.22. The molecule has 0 N–H and O–H groups in total. The molecule has 0 saturated carbocycles. The van der Waals surface area contributed by atoms with E-state index in [1.54, 1.807) is 0 Å². The maximum absolute atomic E-state index is 11.3. The van der Waals surface area contributed by atoms with E-state index < -0.39 is 0 Å². The van der Waals surface area contributed by atoms with Gasteiger partial charge in [-0.1, -0.05) is 45.7 Å².